The fourth-order valence-electron chi connectivity index (χ4n) is 2.30. The molecule has 7 heteroatoms. The van der Waals surface area contributed by atoms with Gasteiger partial charge in [-0.3, -0.25) is 9.00 Å². The van der Waals surface area contributed by atoms with Crippen LogP contribution in [0.4, 0.5) is 0 Å². The molecule has 122 valence electrons. The summed E-state index contributed by atoms with van der Waals surface area (Å²) in [5.74, 6) is -1.09. The van der Waals surface area contributed by atoms with Gasteiger partial charge in [0.05, 0.1) is 27.3 Å². The summed E-state index contributed by atoms with van der Waals surface area (Å²) in [5, 5.41) is 11.8. The first-order valence-electron chi connectivity index (χ1n) is 7.19. The van der Waals surface area contributed by atoms with Gasteiger partial charge in [0.1, 0.15) is 5.54 Å². The van der Waals surface area contributed by atoms with Gasteiger partial charge in [-0.1, -0.05) is 12.1 Å². The van der Waals surface area contributed by atoms with E-state index in [0.717, 1.165) is 12.8 Å². The highest BCUT2D eigenvalue weighted by Gasteiger charge is 2.43. The normalized spacial score (nSPS) is 17.4. The Hall–Kier alpha value is -2.20. The van der Waals surface area contributed by atoms with Gasteiger partial charge in [0.25, 0.3) is 5.91 Å². The van der Waals surface area contributed by atoms with Crippen LogP contribution in [0.1, 0.15) is 30.1 Å². The lowest BCUT2D eigenvalue weighted by Gasteiger charge is -2.22. The lowest BCUT2D eigenvalue weighted by atomic mass is 9.98. The van der Waals surface area contributed by atoms with Crippen molar-refractivity contribution < 1.29 is 18.5 Å². The number of amides is 1. The van der Waals surface area contributed by atoms with Crippen LogP contribution in [0.5, 0.6) is 0 Å². The molecule has 2 atom stereocenters. The van der Waals surface area contributed by atoms with Gasteiger partial charge < -0.3 is 10.1 Å². The van der Waals surface area contributed by atoms with Crippen molar-refractivity contribution in [1.82, 2.24) is 5.32 Å². The smallest absolute Gasteiger partial charge is 0.339 e. The Morgan fingerprint density at radius 2 is 2.09 bits per heavy atom. The van der Waals surface area contributed by atoms with Crippen LogP contribution in [0.3, 0.4) is 0 Å². The predicted molar refractivity (Wildman–Crippen MR) is 83.9 cm³/mol. The van der Waals surface area contributed by atoms with E-state index in [4.69, 9.17) is 4.74 Å². The molecule has 23 heavy (non-hydrogen) atoms. The minimum atomic E-state index is -1.34. The maximum Gasteiger partial charge on any atom is 0.339 e. The molecule has 1 aromatic carbocycles. The van der Waals surface area contributed by atoms with Gasteiger partial charge >= 0.3 is 5.97 Å². The number of benzene rings is 1. The Morgan fingerprint density at radius 1 is 1.43 bits per heavy atom. The third kappa shape index (κ3) is 4.17. The summed E-state index contributed by atoms with van der Waals surface area (Å²) in [5.41, 5.74) is -0.752. The molecule has 0 radical (unpaired) electrons. The quantitative estimate of drug-likeness (QED) is 0.793. The van der Waals surface area contributed by atoms with Crippen molar-refractivity contribution in [2.75, 3.05) is 12.9 Å². The number of carbonyl (C=O) groups is 2. The molecule has 1 saturated carbocycles. The van der Waals surface area contributed by atoms with Crippen LogP contribution in [0.2, 0.25) is 0 Å². The van der Waals surface area contributed by atoms with Gasteiger partial charge in [0, 0.05) is 6.26 Å². The van der Waals surface area contributed by atoms with Crippen molar-refractivity contribution in [1.29, 1.82) is 5.26 Å². The molecule has 0 unspecified atom stereocenters. The Labute approximate surface area is 137 Å². The van der Waals surface area contributed by atoms with Crippen molar-refractivity contribution in [3.63, 3.8) is 0 Å². The Kier molecular flexibility index (Phi) is 5.16. The van der Waals surface area contributed by atoms with Crippen LogP contribution < -0.4 is 5.32 Å². The van der Waals surface area contributed by atoms with Crippen molar-refractivity contribution in [2.24, 2.45) is 5.92 Å². The highest BCUT2D eigenvalue weighted by Crippen LogP contribution is 2.39. The number of hydrogen-bond donors (Lipinski definition) is 1. The van der Waals surface area contributed by atoms with Crippen LogP contribution >= 0.6 is 0 Å². The Morgan fingerprint density at radius 3 is 2.65 bits per heavy atom. The minimum absolute atomic E-state index is 0.149. The second-order valence-electron chi connectivity index (χ2n) is 5.66. The Balaban J connectivity index is 1.96. The molecule has 0 heterocycles. The van der Waals surface area contributed by atoms with Gasteiger partial charge in [0.15, 0.2) is 6.61 Å². The lowest BCUT2D eigenvalue weighted by molar-refractivity contribution is -0.125. The van der Waals surface area contributed by atoms with E-state index >= 15 is 0 Å². The summed E-state index contributed by atoms with van der Waals surface area (Å²) in [6, 6.07) is 8.49. The molecule has 0 aromatic heterocycles. The van der Waals surface area contributed by atoms with E-state index in [-0.39, 0.29) is 11.5 Å². The van der Waals surface area contributed by atoms with Crippen LogP contribution in [0.15, 0.2) is 29.2 Å². The fourth-order valence-corrected chi connectivity index (χ4v) is 3.03. The number of esters is 1. The number of nitriles is 1. The second-order valence-corrected chi connectivity index (χ2v) is 7.01. The van der Waals surface area contributed by atoms with E-state index in [2.05, 4.69) is 11.4 Å². The molecule has 0 bridgehead atoms. The zero-order valence-electron chi connectivity index (χ0n) is 13.0. The molecule has 0 aliphatic heterocycles. The summed E-state index contributed by atoms with van der Waals surface area (Å²) in [4.78, 5) is 24.3. The largest absolute Gasteiger partial charge is 0.452 e. The van der Waals surface area contributed by atoms with Crippen LogP contribution in [-0.4, -0.2) is 34.5 Å². The second kappa shape index (κ2) is 6.92. The molecule has 6 nitrogen and oxygen atoms in total. The maximum atomic E-state index is 12.1. The van der Waals surface area contributed by atoms with Crippen molar-refractivity contribution in [3.05, 3.63) is 29.8 Å². The van der Waals surface area contributed by atoms with Crippen LogP contribution in [0.25, 0.3) is 0 Å². The average molecular weight is 334 g/mol. The zero-order chi connectivity index (χ0) is 17.0. The van der Waals surface area contributed by atoms with Crippen LogP contribution in [0, 0.1) is 17.2 Å². The summed E-state index contributed by atoms with van der Waals surface area (Å²) in [7, 11) is -1.34. The zero-order valence-corrected chi connectivity index (χ0v) is 13.8. The maximum absolute atomic E-state index is 12.1. The third-order valence-electron chi connectivity index (χ3n) is 3.78. The molecule has 0 spiro atoms. The fraction of sp³-hybridized carbons (Fsp3) is 0.438. The molecule has 1 amide bonds. The van der Waals surface area contributed by atoms with Crippen molar-refractivity contribution in [3.8, 4) is 6.07 Å². The number of carbonyl (C=O) groups excluding carboxylic acids is 2. The predicted octanol–water partition coefficient (Wildman–Crippen LogP) is 1.39. The number of rotatable bonds is 6. The van der Waals surface area contributed by atoms with Crippen molar-refractivity contribution >= 4 is 22.7 Å². The van der Waals surface area contributed by atoms with E-state index < -0.39 is 34.8 Å². The molecule has 1 aliphatic rings. The third-order valence-corrected chi connectivity index (χ3v) is 4.75. The summed E-state index contributed by atoms with van der Waals surface area (Å²) in [6.07, 6.45) is 3.27. The van der Waals surface area contributed by atoms with Crippen LogP contribution in [-0.2, 0) is 20.3 Å². The van der Waals surface area contributed by atoms with Gasteiger partial charge in [-0.25, -0.2) is 4.79 Å². The SMILES string of the molecule is C[S@@](=O)c1ccccc1C(=O)OCC(=O)N[C@](C)(C#N)C1CC1. The lowest BCUT2D eigenvalue weighted by Crippen LogP contribution is -2.48. The monoisotopic (exact) mass is 334 g/mol. The standard InChI is InChI=1S/C16H18N2O4S/c1-16(10-17,11-7-8-11)18-14(19)9-22-15(20)12-5-3-4-6-13(12)23(2)21/h3-6,11H,7-9H2,1-2H3,(H,18,19)/t16-,23-/m1/s1. The van der Waals surface area contributed by atoms with E-state index in [9.17, 15) is 19.1 Å². The van der Waals surface area contributed by atoms with Gasteiger partial charge in [-0.05, 0) is 37.8 Å². The van der Waals surface area contributed by atoms with E-state index in [1.165, 1.54) is 12.3 Å². The first kappa shape index (κ1) is 17.2. The van der Waals surface area contributed by atoms with E-state index in [1.54, 1.807) is 25.1 Å². The summed E-state index contributed by atoms with van der Waals surface area (Å²) >= 11 is 0. The summed E-state index contributed by atoms with van der Waals surface area (Å²) < 4.78 is 16.6. The molecule has 1 N–H and O–H groups in total. The molecule has 1 aliphatic carbocycles. The molecule has 0 saturated heterocycles. The first-order chi connectivity index (χ1) is 10.9. The highest BCUT2D eigenvalue weighted by molar-refractivity contribution is 7.84. The number of hydrogen-bond acceptors (Lipinski definition) is 5. The first-order valence-corrected chi connectivity index (χ1v) is 8.75. The average Bonchev–Trinajstić information content (AvgIpc) is 3.37. The minimum Gasteiger partial charge on any atom is -0.452 e. The molecular formula is C16H18N2O4S. The molecular weight excluding hydrogens is 316 g/mol. The topological polar surface area (TPSA) is 96.3 Å². The van der Waals surface area contributed by atoms with Gasteiger partial charge in [-0.15, -0.1) is 0 Å². The molecule has 1 aromatic rings. The molecule has 1 fully saturated rings. The van der Waals surface area contributed by atoms with E-state index in [0.29, 0.717) is 4.90 Å². The van der Waals surface area contributed by atoms with Gasteiger partial charge in [-0.2, -0.15) is 5.26 Å². The molecule has 2 rings (SSSR count). The number of nitrogens with one attached hydrogen (secondary N) is 1. The van der Waals surface area contributed by atoms with E-state index in [1.807, 2.05) is 0 Å². The highest BCUT2D eigenvalue weighted by atomic mass is 32.2. The number of ether oxygens (including phenoxy) is 1. The van der Waals surface area contributed by atoms with Crippen molar-refractivity contribution in [2.45, 2.75) is 30.2 Å². The number of nitrogens with zero attached hydrogens (tertiary/aromatic N) is 1. The summed E-state index contributed by atoms with van der Waals surface area (Å²) in [6.45, 7) is 1.19. The Bertz CT molecular complexity index is 694. The van der Waals surface area contributed by atoms with Gasteiger partial charge in [0.2, 0.25) is 0 Å².